The molecule has 208 valence electrons. The summed E-state index contributed by atoms with van der Waals surface area (Å²) < 4.78 is 0. The number of nitrogens with two attached hydrogens (primary N) is 1. The Hall–Kier alpha value is -3.47. The van der Waals surface area contributed by atoms with E-state index in [0.29, 0.717) is 30.5 Å². The minimum atomic E-state index is -2.63. The highest BCUT2D eigenvalue weighted by atomic mass is 16.3. The number of hydrogen-bond acceptors (Lipinski definition) is 9. The molecule has 4 atom stereocenters. The van der Waals surface area contributed by atoms with Crippen molar-refractivity contribution in [2.45, 2.75) is 50.8 Å². The number of nitrogens with zero attached hydrogens (tertiary/aromatic N) is 2. The van der Waals surface area contributed by atoms with Gasteiger partial charge in [0, 0.05) is 36.7 Å². The first-order chi connectivity index (χ1) is 18.4. The second-order valence-electron chi connectivity index (χ2n) is 11.2. The third kappa shape index (κ3) is 3.92. The van der Waals surface area contributed by atoms with Crippen LogP contribution in [0.25, 0.3) is 0 Å². The summed E-state index contributed by atoms with van der Waals surface area (Å²) in [5, 5.41) is 45.4. The number of carbonyl (C=O) groups is 3. The molecule has 0 saturated heterocycles. The van der Waals surface area contributed by atoms with E-state index in [1.165, 1.54) is 0 Å². The Bertz CT molecular complexity index is 1380. The lowest BCUT2D eigenvalue weighted by Gasteiger charge is -2.50. The SMILES string of the molecule is CCc1cc(CN2CC=CCC2)c(O)c2c1CC1CC3[C@H](N(C)C)C(O)=C(C(N)=O)C(=O)[C@@]3(O)C(O)=C1C2=O. The van der Waals surface area contributed by atoms with Crippen LogP contribution >= 0.6 is 0 Å². The molecule has 4 aliphatic rings. The van der Waals surface area contributed by atoms with Crippen molar-refractivity contribution in [2.24, 2.45) is 17.6 Å². The Labute approximate surface area is 226 Å². The number of aliphatic hydroxyl groups excluding tert-OH is 2. The minimum absolute atomic E-state index is 0.0809. The van der Waals surface area contributed by atoms with Gasteiger partial charge in [0.2, 0.25) is 5.78 Å². The fraction of sp³-hybridized carbons (Fsp3) is 0.483. The highest BCUT2D eigenvalue weighted by molar-refractivity contribution is 6.24. The number of allylic oxidation sites excluding steroid dienone is 1. The summed E-state index contributed by atoms with van der Waals surface area (Å²) in [6.45, 7) is 3.97. The molecule has 1 aromatic carbocycles. The highest BCUT2D eigenvalue weighted by Gasteiger charge is 2.63. The quantitative estimate of drug-likeness (QED) is 0.276. The molecular formula is C29H35N3O7. The molecule has 1 aromatic rings. The number of primary amides is 1. The average molecular weight is 538 g/mol. The van der Waals surface area contributed by atoms with E-state index in [2.05, 4.69) is 17.1 Å². The van der Waals surface area contributed by atoms with E-state index in [9.17, 15) is 34.8 Å². The number of Topliss-reactive ketones (excluding diaryl/α,β-unsaturated/α-hetero) is 2. The van der Waals surface area contributed by atoms with Crippen LogP contribution in [0.5, 0.6) is 5.75 Å². The van der Waals surface area contributed by atoms with E-state index in [1.807, 2.05) is 13.0 Å². The van der Waals surface area contributed by atoms with Crippen LogP contribution in [-0.4, -0.2) is 86.5 Å². The molecule has 5 rings (SSSR count). The van der Waals surface area contributed by atoms with Crippen LogP contribution in [0.2, 0.25) is 0 Å². The molecular weight excluding hydrogens is 502 g/mol. The van der Waals surface area contributed by atoms with Gasteiger partial charge in [-0.2, -0.15) is 0 Å². The van der Waals surface area contributed by atoms with E-state index in [1.54, 1.807) is 19.0 Å². The van der Waals surface area contributed by atoms with Crippen LogP contribution in [-0.2, 0) is 29.0 Å². The van der Waals surface area contributed by atoms with Crippen molar-refractivity contribution in [3.05, 3.63) is 63.1 Å². The molecule has 1 heterocycles. The van der Waals surface area contributed by atoms with Gasteiger partial charge in [-0.1, -0.05) is 25.1 Å². The van der Waals surface area contributed by atoms with Crippen molar-refractivity contribution in [1.29, 1.82) is 0 Å². The summed E-state index contributed by atoms with van der Waals surface area (Å²) in [7, 11) is 3.22. The van der Waals surface area contributed by atoms with Crippen molar-refractivity contribution in [3.8, 4) is 5.75 Å². The zero-order valence-corrected chi connectivity index (χ0v) is 22.4. The number of aromatic hydroxyl groups is 1. The standard InChI is InChI=1S/C29H35N3O7/c1-4-14-10-16(13-32-8-6-5-7-9-32)23(33)20-17(14)11-15-12-18-22(31(2)3)25(35)21(28(30)38)27(37)29(18,39)26(36)19(15)24(20)34/h5-6,10,15,18,22,33,35-36,39H,4,7-9,11-13H2,1-3H3,(H2,30,38)/t15?,18?,22-,29-/m0/s1. The molecule has 0 fully saturated rings. The van der Waals surface area contributed by atoms with Crippen LogP contribution in [0.4, 0.5) is 0 Å². The molecule has 3 aliphatic carbocycles. The van der Waals surface area contributed by atoms with Crippen LogP contribution in [0, 0.1) is 11.8 Å². The monoisotopic (exact) mass is 537 g/mol. The third-order valence-corrected chi connectivity index (χ3v) is 8.81. The van der Waals surface area contributed by atoms with Crippen molar-refractivity contribution in [3.63, 3.8) is 0 Å². The number of benzene rings is 1. The van der Waals surface area contributed by atoms with Crippen LogP contribution < -0.4 is 5.73 Å². The number of fused-ring (bicyclic) bond motifs is 3. The van der Waals surface area contributed by atoms with Crippen molar-refractivity contribution in [1.82, 2.24) is 9.80 Å². The Kier molecular flexibility index (Phi) is 6.69. The first-order valence-electron chi connectivity index (χ1n) is 13.3. The molecule has 0 aromatic heterocycles. The maximum absolute atomic E-state index is 14.0. The number of phenols is 1. The lowest BCUT2D eigenvalue weighted by Crippen LogP contribution is -2.63. The lowest BCUT2D eigenvalue weighted by atomic mass is 9.58. The summed E-state index contributed by atoms with van der Waals surface area (Å²) >= 11 is 0. The zero-order chi connectivity index (χ0) is 28.4. The third-order valence-electron chi connectivity index (χ3n) is 8.81. The lowest BCUT2D eigenvalue weighted by molar-refractivity contribution is -0.148. The highest BCUT2D eigenvalue weighted by Crippen LogP contribution is 2.52. The predicted octanol–water partition coefficient (Wildman–Crippen LogP) is 1.44. The van der Waals surface area contributed by atoms with E-state index in [4.69, 9.17) is 5.73 Å². The van der Waals surface area contributed by atoms with Crippen LogP contribution in [0.3, 0.4) is 0 Å². The Balaban J connectivity index is 1.66. The first kappa shape index (κ1) is 27.1. The number of amides is 1. The number of phenolic OH excluding ortho intramolecular Hbond substituents is 1. The zero-order valence-electron chi connectivity index (χ0n) is 22.4. The fourth-order valence-corrected chi connectivity index (χ4v) is 6.97. The number of ketones is 2. The summed E-state index contributed by atoms with van der Waals surface area (Å²) in [4.78, 5) is 43.3. The van der Waals surface area contributed by atoms with Crippen LogP contribution in [0.1, 0.15) is 46.8 Å². The van der Waals surface area contributed by atoms with Gasteiger partial charge in [0.05, 0.1) is 11.6 Å². The smallest absolute Gasteiger partial charge is 0.255 e. The van der Waals surface area contributed by atoms with Gasteiger partial charge in [-0.3, -0.25) is 24.2 Å². The molecule has 2 unspecified atom stereocenters. The summed E-state index contributed by atoms with van der Waals surface area (Å²) in [6, 6.07) is 0.934. The predicted molar refractivity (Wildman–Crippen MR) is 142 cm³/mol. The summed E-state index contributed by atoms with van der Waals surface area (Å²) in [5.74, 6) is -6.30. The van der Waals surface area contributed by atoms with Gasteiger partial charge >= 0.3 is 0 Å². The fourth-order valence-electron chi connectivity index (χ4n) is 6.97. The second-order valence-corrected chi connectivity index (χ2v) is 11.2. The second kappa shape index (κ2) is 9.62. The molecule has 6 N–H and O–H groups in total. The summed E-state index contributed by atoms with van der Waals surface area (Å²) in [5.41, 5.74) is 4.11. The number of aryl methyl sites for hydroxylation is 1. The van der Waals surface area contributed by atoms with Crippen LogP contribution in [0.15, 0.2) is 40.9 Å². The normalized spacial score (nSPS) is 29.0. The molecule has 10 heteroatoms. The number of likely N-dealkylation sites (N-methyl/N-ethyl adjacent to an activating group) is 1. The molecule has 39 heavy (non-hydrogen) atoms. The van der Waals surface area contributed by atoms with E-state index < -0.39 is 58.0 Å². The number of hydrogen-bond donors (Lipinski definition) is 5. The molecule has 0 radical (unpaired) electrons. The molecule has 1 aliphatic heterocycles. The Morgan fingerprint density at radius 3 is 2.49 bits per heavy atom. The van der Waals surface area contributed by atoms with Gasteiger partial charge < -0.3 is 26.2 Å². The maximum atomic E-state index is 14.0. The number of aliphatic hydroxyl groups is 3. The van der Waals surface area contributed by atoms with Gasteiger partial charge in [-0.25, -0.2) is 0 Å². The average Bonchev–Trinajstić information content (AvgIpc) is 2.88. The van der Waals surface area contributed by atoms with Crippen molar-refractivity contribution in [2.75, 3.05) is 27.2 Å². The molecule has 10 nitrogen and oxygen atoms in total. The van der Waals surface area contributed by atoms with Gasteiger partial charge in [0.1, 0.15) is 22.8 Å². The summed E-state index contributed by atoms with van der Waals surface area (Å²) in [6.07, 6.45) is 6.07. The molecule has 0 saturated carbocycles. The van der Waals surface area contributed by atoms with E-state index in [0.717, 1.165) is 25.1 Å². The first-order valence-corrected chi connectivity index (χ1v) is 13.3. The van der Waals surface area contributed by atoms with E-state index >= 15 is 0 Å². The number of rotatable bonds is 5. The maximum Gasteiger partial charge on any atom is 0.255 e. The van der Waals surface area contributed by atoms with Crippen molar-refractivity contribution >= 4 is 17.5 Å². The molecule has 1 amide bonds. The van der Waals surface area contributed by atoms with Gasteiger partial charge in [-0.05, 0) is 56.8 Å². The van der Waals surface area contributed by atoms with E-state index in [-0.39, 0.29) is 23.3 Å². The van der Waals surface area contributed by atoms with Gasteiger partial charge in [0.25, 0.3) is 5.91 Å². The Morgan fingerprint density at radius 2 is 1.90 bits per heavy atom. The van der Waals surface area contributed by atoms with Gasteiger partial charge in [0.15, 0.2) is 11.4 Å². The topological polar surface area (TPSA) is 165 Å². The largest absolute Gasteiger partial charge is 0.510 e. The van der Waals surface area contributed by atoms with Crippen molar-refractivity contribution < 1.29 is 34.8 Å². The molecule has 0 spiro atoms. The minimum Gasteiger partial charge on any atom is -0.510 e. The molecule has 0 bridgehead atoms. The Morgan fingerprint density at radius 1 is 1.18 bits per heavy atom. The van der Waals surface area contributed by atoms with Gasteiger partial charge in [-0.15, -0.1) is 0 Å². The number of carbonyl (C=O) groups excluding carboxylic acids is 3.